The Morgan fingerprint density at radius 2 is 2.00 bits per heavy atom. The predicted octanol–water partition coefficient (Wildman–Crippen LogP) is 2.94. The zero-order valence-electron chi connectivity index (χ0n) is 7.93. The molecule has 0 N–H and O–H groups in total. The van der Waals surface area contributed by atoms with E-state index in [1.54, 1.807) is 0 Å². The van der Waals surface area contributed by atoms with Gasteiger partial charge in [0.05, 0.1) is 6.61 Å². The zero-order chi connectivity index (χ0) is 8.53. The normalized spacial score (nSPS) is 10.9. The molecule has 0 rings (SSSR count). The summed E-state index contributed by atoms with van der Waals surface area (Å²) in [5, 5.41) is 0.741. The van der Waals surface area contributed by atoms with Gasteiger partial charge in [0.25, 0.3) is 0 Å². The van der Waals surface area contributed by atoms with Crippen LogP contribution in [-0.2, 0) is 4.74 Å². The first kappa shape index (κ1) is 11.3. The lowest BCUT2D eigenvalue weighted by molar-refractivity contribution is 0.147. The third-order valence-corrected chi connectivity index (χ3v) is 2.39. The van der Waals surface area contributed by atoms with E-state index in [-0.39, 0.29) is 0 Å². The van der Waals surface area contributed by atoms with Gasteiger partial charge in [-0.2, -0.15) is 11.8 Å². The summed E-state index contributed by atoms with van der Waals surface area (Å²) in [5.41, 5.74) is 0. The standard InChI is InChI=1S/C9H20OS/c1-4-5-6-10-7-8-11-9(2)3/h9H,4-8H2,1-3H3. The average molecular weight is 176 g/mol. The summed E-state index contributed by atoms with van der Waals surface area (Å²) in [6.07, 6.45) is 2.43. The van der Waals surface area contributed by atoms with Crippen LogP contribution in [0.1, 0.15) is 33.6 Å². The fourth-order valence-electron chi connectivity index (χ4n) is 0.691. The number of rotatable bonds is 7. The van der Waals surface area contributed by atoms with Gasteiger partial charge in [0, 0.05) is 12.4 Å². The third-order valence-electron chi connectivity index (χ3n) is 1.32. The quantitative estimate of drug-likeness (QED) is 0.552. The molecule has 11 heavy (non-hydrogen) atoms. The van der Waals surface area contributed by atoms with Gasteiger partial charge in [-0.3, -0.25) is 0 Å². The lowest BCUT2D eigenvalue weighted by Gasteiger charge is -2.04. The minimum atomic E-state index is 0.741. The molecular formula is C9H20OS. The van der Waals surface area contributed by atoms with Gasteiger partial charge in [-0.05, 0) is 11.7 Å². The fourth-order valence-corrected chi connectivity index (χ4v) is 1.38. The summed E-state index contributed by atoms with van der Waals surface area (Å²) in [6.45, 7) is 8.48. The fraction of sp³-hybridized carbons (Fsp3) is 1.00. The first-order valence-corrected chi connectivity index (χ1v) is 5.51. The maximum atomic E-state index is 5.40. The molecule has 0 aliphatic rings. The second-order valence-electron chi connectivity index (χ2n) is 2.89. The molecule has 0 aromatic rings. The first-order valence-electron chi connectivity index (χ1n) is 4.46. The lowest BCUT2D eigenvalue weighted by Crippen LogP contribution is -2.01. The van der Waals surface area contributed by atoms with Gasteiger partial charge < -0.3 is 4.74 Å². The van der Waals surface area contributed by atoms with Crippen LogP contribution >= 0.6 is 11.8 Å². The van der Waals surface area contributed by atoms with Crippen molar-refractivity contribution in [2.75, 3.05) is 19.0 Å². The van der Waals surface area contributed by atoms with Gasteiger partial charge in [0.2, 0.25) is 0 Å². The molecule has 0 aromatic heterocycles. The van der Waals surface area contributed by atoms with Gasteiger partial charge in [-0.25, -0.2) is 0 Å². The molecule has 0 bridgehead atoms. The minimum Gasteiger partial charge on any atom is -0.381 e. The van der Waals surface area contributed by atoms with Crippen LogP contribution in [0.2, 0.25) is 0 Å². The van der Waals surface area contributed by atoms with E-state index in [4.69, 9.17) is 4.74 Å². The topological polar surface area (TPSA) is 9.23 Å². The van der Waals surface area contributed by atoms with Crippen molar-refractivity contribution in [3.63, 3.8) is 0 Å². The third kappa shape index (κ3) is 10.3. The molecule has 2 heteroatoms. The van der Waals surface area contributed by atoms with Crippen molar-refractivity contribution >= 4 is 11.8 Å². The zero-order valence-corrected chi connectivity index (χ0v) is 8.75. The van der Waals surface area contributed by atoms with Crippen LogP contribution < -0.4 is 0 Å². The summed E-state index contributed by atoms with van der Waals surface area (Å²) in [4.78, 5) is 0. The Morgan fingerprint density at radius 3 is 2.55 bits per heavy atom. The molecule has 0 saturated carbocycles. The maximum Gasteiger partial charge on any atom is 0.0556 e. The SMILES string of the molecule is CCCCOCCSC(C)C. The van der Waals surface area contributed by atoms with Crippen LogP contribution in [0.5, 0.6) is 0 Å². The number of unbranched alkanes of at least 4 members (excludes halogenated alkanes) is 1. The van der Waals surface area contributed by atoms with Gasteiger partial charge in [-0.1, -0.05) is 27.2 Å². The Kier molecular flexibility index (Phi) is 8.64. The molecule has 1 nitrogen and oxygen atoms in total. The average Bonchev–Trinajstić information content (AvgIpc) is 1.96. The molecule has 0 aliphatic heterocycles. The predicted molar refractivity (Wildman–Crippen MR) is 53.3 cm³/mol. The molecule has 0 spiro atoms. The Labute approximate surface area is 74.9 Å². The highest BCUT2D eigenvalue weighted by Crippen LogP contribution is 2.07. The molecule has 0 aromatic carbocycles. The highest BCUT2D eigenvalue weighted by molar-refractivity contribution is 7.99. The van der Waals surface area contributed by atoms with E-state index >= 15 is 0 Å². The number of ether oxygens (including phenoxy) is 1. The molecule has 0 saturated heterocycles. The maximum absolute atomic E-state index is 5.40. The van der Waals surface area contributed by atoms with E-state index in [2.05, 4.69) is 20.8 Å². The molecular weight excluding hydrogens is 156 g/mol. The monoisotopic (exact) mass is 176 g/mol. The van der Waals surface area contributed by atoms with Crippen LogP contribution in [0.25, 0.3) is 0 Å². The van der Waals surface area contributed by atoms with Gasteiger partial charge in [0.15, 0.2) is 0 Å². The number of thioether (sulfide) groups is 1. The van der Waals surface area contributed by atoms with E-state index in [1.807, 2.05) is 11.8 Å². The van der Waals surface area contributed by atoms with Gasteiger partial charge >= 0.3 is 0 Å². The van der Waals surface area contributed by atoms with Crippen LogP contribution in [-0.4, -0.2) is 24.2 Å². The summed E-state index contributed by atoms with van der Waals surface area (Å²) in [5.74, 6) is 1.14. The second-order valence-corrected chi connectivity index (χ2v) is 4.57. The molecule has 0 unspecified atom stereocenters. The molecule has 68 valence electrons. The van der Waals surface area contributed by atoms with Crippen molar-refractivity contribution < 1.29 is 4.74 Å². The Morgan fingerprint density at radius 1 is 1.27 bits per heavy atom. The summed E-state index contributed by atoms with van der Waals surface area (Å²) >= 11 is 1.96. The largest absolute Gasteiger partial charge is 0.381 e. The smallest absolute Gasteiger partial charge is 0.0556 e. The summed E-state index contributed by atoms with van der Waals surface area (Å²) < 4.78 is 5.40. The Bertz CT molecular complexity index is 74.0. The van der Waals surface area contributed by atoms with Crippen molar-refractivity contribution in [1.29, 1.82) is 0 Å². The molecule has 0 heterocycles. The number of hydrogen-bond acceptors (Lipinski definition) is 2. The lowest BCUT2D eigenvalue weighted by atomic mass is 10.4. The van der Waals surface area contributed by atoms with E-state index < -0.39 is 0 Å². The second kappa shape index (κ2) is 8.41. The Balaban J connectivity index is 2.80. The van der Waals surface area contributed by atoms with E-state index in [1.165, 1.54) is 12.8 Å². The van der Waals surface area contributed by atoms with Crippen LogP contribution in [0.4, 0.5) is 0 Å². The van der Waals surface area contributed by atoms with Crippen molar-refractivity contribution in [2.45, 2.75) is 38.9 Å². The molecule has 0 atom stereocenters. The summed E-state index contributed by atoms with van der Waals surface area (Å²) in [6, 6.07) is 0. The molecule has 0 aliphatic carbocycles. The van der Waals surface area contributed by atoms with Crippen molar-refractivity contribution in [3.8, 4) is 0 Å². The van der Waals surface area contributed by atoms with Crippen molar-refractivity contribution in [3.05, 3.63) is 0 Å². The van der Waals surface area contributed by atoms with Crippen LogP contribution in [0.15, 0.2) is 0 Å². The highest BCUT2D eigenvalue weighted by Gasteiger charge is 1.93. The molecule has 0 radical (unpaired) electrons. The summed E-state index contributed by atoms with van der Waals surface area (Å²) in [7, 11) is 0. The van der Waals surface area contributed by atoms with E-state index in [9.17, 15) is 0 Å². The van der Waals surface area contributed by atoms with Crippen molar-refractivity contribution in [2.24, 2.45) is 0 Å². The van der Waals surface area contributed by atoms with Crippen LogP contribution in [0.3, 0.4) is 0 Å². The first-order chi connectivity index (χ1) is 5.27. The minimum absolute atomic E-state index is 0.741. The number of hydrogen-bond donors (Lipinski definition) is 0. The van der Waals surface area contributed by atoms with Gasteiger partial charge in [0.1, 0.15) is 0 Å². The van der Waals surface area contributed by atoms with Crippen molar-refractivity contribution in [1.82, 2.24) is 0 Å². The molecule has 0 amide bonds. The molecule has 0 fully saturated rings. The van der Waals surface area contributed by atoms with Crippen LogP contribution in [0, 0.1) is 0 Å². The Hall–Kier alpha value is 0.310. The van der Waals surface area contributed by atoms with E-state index in [0.717, 1.165) is 24.2 Å². The highest BCUT2D eigenvalue weighted by atomic mass is 32.2. The van der Waals surface area contributed by atoms with E-state index in [0.29, 0.717) is 0 Å². The van der Waals surface area contributed by atoms with Gasteiger partial charge in [-0.15, -0.1) is 0 Å².